The number of primary amides is 1. The van der Waals surface area contributed by atoms with E-state index in [1.165, 1.54) is 27.8 Å². The summed E-state index contributed by atoms with van der Waals surface area (Å²) in [6.45, 7) is 1.67. The number of benzene rings is 2. The van der Waals surface area contributed by atoms with Gasteiger partial charge in [-0.15, -0.1) is 12.4 Å². The second-order valence-corrected chi connectivity index (χ2v) is 7.07. The van der Waals surface area contributed by atoms with E-state index in [9.17, 15) is 4.79 Å². The summed E-state index contributed by atoms with van der Waals surface area (Å²) in [5.41, 5.74) is 12.8. The molecule has 0 unspecified atom stereocenters. The number of fused-ring (bicyclic) bond motifs is 2. The summed E-state index contributed by atoms with van der Waals surface area (Å²) in [6, 6.07) is 17.5. The van der Waals surface area contributed by atoms with Gasteiger partial charge in [-0.1, -0.05) is 66.8 Å². The standard InChI is InChI=1S/C24H24N2O.ClH/c25-24(27)20-9-5-15-26(17-20)16-6-12-23-21-10-3-1-7-18(21)13-14-19-8-2-4-11-22(19)23;/h1-5,7-12,17H,6,13-16H2,(H2,25,27);1H. The number of halogens is 1. The predicted molar refractivity (Wildman–Crippen MR) is 117 cm³/mol. The molecule has 2 N–H and O–H groups in total. The predicted octanol–water partition coefficient (Wildman–Crippen LogP) is 4.27. The number of nitrogens with two attached hydrogens (primary N) is 1. The van der Waals surface area contributed by atoms with Gasteiger partial charge in [0.2, 0.25) is 5.91 Å². The summed E-state index contributed by atoms with van der Waals surface area (Å²) in [5.74, 6) is -0.374. The van der Waals surface area contributed by atoms with Crippen LogP contribution in [0.25, 0.3) is 5.57 Å². The molecule has 28 heavy (non-hydrogen) atoms. The Balaban J connectivity index is 0.00000225. The second-order valence-electron chi connectivity index (χ2n) is 7.07. The minimum Gasteiger partial charge on any atom is -0.373 e. The average Bonchev–Trinajstić information content (AvgIpc) is 2.86. The summed E-state index contributed by atoms with van der Waals surface area (Å²) in [4.78, 5) is 13.5. The van der Waals surface area contributed by atoms with Crippen LogP contribution in [0.1, 0.15) is 28.7 Å². The lowest BCUT2D eigenvalue weighted by Gasteiger charge is -2.22. The molecular formula is C24H25ClN2O. The molecule has 1 aliphatic heterocycles. The Hall–Kier alpha value is -2.78. The highest BCUT2D eigenvalue weighted by molar-refractivity contribution is 5.94. The fourth-order valence-electron chi connectivity index (χ4n) is 3.92. The first-order chi connectivity index (χ1) is 13.2. The van der Waals surface area contributed by atoms with E-state index < -0.39 is 0 Å². The van der Waals surface area contributed by atoms with Gasteiger partial charge in [0.1, 0.15) is 0 Å². The third-order valence-corrected chi connectivity index (χ3v) is 5.29. The molecule has 2 aromatic carbocycles. The molecular weight excluding hydrogens is 368 g/mol. The summed E-state index contributed by atoms with van der Waals surface area (Å²) in [6.07, 6.45) is 11.1. The third kappa shape index (κ3) is 4.20. The van der Waals surface area contributed by atoms with Crippen LogP contribution in [-0.2, 0) is 17.6 Å². The summed E-state index contributed by atoms with van der Waals surface area (Å²) >= 11 is 0. The molecule has 0 radical (unpaired) electrons. The van der Waals surface area contributed by atoms with Crippen molar-refractivity contribution in [3.05, 3.63) is 101 Å². The van der Waals surface area contributed by atoms with Gasteiger partial charge in [0, 0.05) is 19.3 Å². The second kappa shape index (κ2) is 8.94. The highest BCUT2D eigenvalue weighted by Crippen LogP contribution is 2.33. The SMILES string of the molecule is Cl.NC(=O)C1=CN(CCC=C2c3ccccc3CCc3ccccc32)CC=C1. The van der Waals surface area contributed by atoms with Crippen molar-refractivity contribution in [2.75, 3.05) is 13.1 Å². The van der Waals surface area contributed by atoms with Gasteiger partial charge in [0.05, 0.1) is 5.57 Å². The van der Waals surface area contributed by atoms with Crippen LogP contribution in [0.2, 0.25) is 0 Å². The van der Waals surface area contributed by atoms with Gasteiger partial charge >= 0.3 is 0 Å². The molecule has 0 saturated heterocycles. The van der Waals surface area contributed by atoms with E-state index in [0.717, 1.165) is 32.4 Å². The van der Waals surface area contributed by atoms with Crippen molar-refractivity contribution in [1.29, 1.82) is 0 Å². The molecule has 0 aromatic heterocycles. The van der Waals surface area contributed by atoms with Crippen LogP contribution in [0.15, 0.2) is 78.5 Å². The van der Waals surface area contributed by atoms with E-state index in [1.54, 1.807) is 6.08 Å². The number of hydrogen-bond donors (Lipinski definition) is 1. The molecule has 2 aliphatic rings. The zero-order valence-electron chi connectivity index (χ0n) is 15.8. The third-order valence-electron chi connectivity index (χ3n) is 5.29. The molecule has 1 amide bonds. The van der Waals surface area contributed by atoms with Crippen LogP contribution >= 0.6 is 12.4 Å². The lowest BCUT2D eigenvalue weighted by atomic mass is 9.93. The summed E-state index contributed by atoms with van der Waals surface area (Å²) in [5, 5.41) is 0. The fourth-order valence-corrected chi connectivity index (χ4v) is 3.92. The van der Waals surface area contributed by atoms with Crippen LogP contribution in [0.3, 0.4) is 0 Å². The number of aryl methyl sites for hydroxylation is 2. The maximum absolute atomic E-state index is 11.4. The first-order valence-corrected chi connectivity index (χ1v) is 9.51. The van der Waals surface area contributed by atoms with Gasteiger partial charge in [-0.2, -0.15) is 0 Å². The van der Waals surface area contributed by atoms with E-state index in [-0.39, 0.29) is 18.3 Å². The quantitative estimate of drug-likeness (QED) is 0.844. The zero-order chi connectivity index (χ0) is 18.6. The Kier molecular flexibility index (Phi) is 6.37. The average molecular weight is 393 g/mol. The van der Waals surface area contributed by atoms with Gasteiger partial charge < -0.3 is 10.6 Å². The van der Waals surface area contributed by atoms with Crippen LogP contribution in [0.5, 0.6) is 0 Å². The number of amides is 1. The topological polar surface area (TPSA) is 46.3 Å². The normalized spacial score (nSPS) is 14.9. The monoisotopic (exact) mass is 392 g/mol. The molecule has 0 spiro atoms. The van der Waals surface area contributed by atoms with Crippen LogP contribution in [0.4, 0.5) is 0 Å². The molecule has 0 bridgehead atoms. The van der Waals surface area contributed by atoms with Gasteiger partial charge in [-0.25, -0.2) is 0 Å². The first-order valence-electron chi connectivity index (χ1n) is 9.51. The van der Waals surface area contributed by atoms with Crippen molar-refractivity contribution in [2.45, 2.75) is 19.3 Å². The van der Waals surface area contributed by atoms with Crippen molar-refractivity contribution in [2.24, 2.45) is 5.73 Å². The number of nitrogens with zero attached hydrogens (tertiary/aromatic N) is 1. The zero-order valence-corrected chi connectivity index (χ0v) is 16.6. The molecule has 4 rings (SSSR count). The lowest BCUT2D eigenvalue weighted by molar-refractivity contribution is -0.114. The van der Waals surface area contributed by atoms with Gasteiger partial charge in [-0.05, 0) is 47.1 Å². The molecule has 0 saturated carbocycles. The largest absolute Gasteiger partial charge is 0.373 e. The van der Waals surface area contributed by atoms with Crippen molar-refractivity contribution in [1.82, 2.24) is 4.90 Å². The van der Waals surface area contributed by atoms with Gasteiger partial charge in [0.15, 0.2) is 0 Å². The highest BCUT2D eigenvalue weighted by atomic mass is 35.5. The Labute approximate surface area is 172 Å². The van der Waals surface area contributed by atoms with Gasteiger partial charge in [0.25, 0.3) is 0 Å². The van der Waals surface area contributed by atoms with E-state index in [4.69, 9.17) is 5.73 Å². The maximum Gasteiger partial charge on any atom is 0.250 e. The molecule has 3 nitrogen and oxygen atoms in total. The summed E-state index contributed by atoms with van der Waals surface area (Å²) < 4.78 is 0. The Morgan fingerprint density at radius 2 is 1.61 bits per heavy atom. The molecule has 1 aliphatic carbocycles. The van der Waals surface area contributed by atoms with Crippen molar-refractivity contribution < 1.29 is 4.79 Å². The Morgan fingerprint density at radius 1 is 1.00 bits per heavy atom. The minimum absolute atomic E-state index is 0. The van der Waals surface area contributed by atoms with Crippen molar-refractivity contribution in [3.8, 4) is 0 Å². The van der Waals surface area contributed by atoms with Crippen LogP contribution < -0.4 is 5.73 Å². The molecule has 4 heteroatoms. The van der Waals surface area contributed by atoms with E-state index in [2.05, 4.69) is 59.5 Å². The van der Waals surface area contributed by atoms with Crippen molar-refractivity contribution >= 4 is 23.9 Å². The molecule has 2 aromatic rings. The Bertz CT molecular complexity index is 909. The molecule has 0 atom stereocenters. The van der Waals surface area contributed by atoms with Gasteiger partial charge in [-0.3, -0.25) is 4.79 Å². The number of rotatable bonds is 4. The maximum atomic E-state index is 11.4. The lowest BCUT2D eigenvalue weighted by Crippen LogP contribution is -2.25. The van der Waals surface area contributed by atoms with E-state index in [1.807, 2.05) is 12.3 Å². The smallest absolute Gasteiger partial charge is 0.250 e. The molecule has 0 fully saturated rings. The minimum atomic E-state index is -0.374. The Morgan fingerprint density at radius 3 is 2.21 bits per heavy atom. The van der Waals surface area contributed by atoms with Crippen LogP contribution in [0, 0.1) is 0 Å². The van der Waals surface area contributed by atoms with E-state index >= 15 is 0 Å². The van der Waals surface area contributed by atoms with Crippen molar-refractivity contribution in [3.63, 3.8) is 0 Å². The first kappa shape index (κ1) is 20.0. The highest BCUT2D eigenvalue weighted by Gasteiger charge is 2.17. The summed E-state index contributed by atoms with van der Waals surface area (Å²) in [7, 11) is 0. The molecule has 144 valence electrons. The number of hydrogen-bond acceptors (Lipinski definition) is 2. The fraction of sp³-hybridized carbons (Fsp3) is 0.208. The number of carbonyl (C=O) groups is 1. The van der Waals surface area contributed by atoms with E-state index in [0.29, 0.717) is 5.57 Å². The molecule has 1 heterocycles. The number of carbonyl (C=O) groups excluding carboxylic acids is 1. The van der Waals surface area contributed by atoms with Crippen LogP contribution in [-0.4, -0.2) is 23.9 Å².